The molecule has 0 aromatic carbocycles. The van der Waals surface area contributed by atoms with Crippen LogP contribution in [0.4, 0.5) is 0 Å². The van der Waals surface area contributed by atoms with Crippen molar-refractivity contribution < 1.29 is 16.8 Å². The van der Waals surface area contributed by atoms with Crippen LogP contribution < -0.4 is 0 Å². The summed E-state index contributed by atoms with van der Waals surface area (Å²) in [4.78, 5) is 0. The fourth-order valence-electron chi connectivity index (χ4n) is 0.790. The molecule has 0 N–H and O–H groups in total. The Morgan fingerprint density at radius 2 is 2.00 bits per heavy atom. The molecule has 0 atom stereocenters. The Morgan fingerprint density at radius 1 is 1.31 bits per heavy atom. The molecule has 0 aromatic heterocycles. The predicted molar refractivity (Wildman–Crippen MR) is 57.1 cm³/mol. The molecule has 0 bridgehead atoms. The van der Waals surface area contributed by atoms with Gasteiger partial charge in [-0.3, -0.25) is 0 Å². The van der Waals surface area contributed by atoms with E-state index >= 15 is 0 Å². The molecule has 13 heavy (non-hydrogen) atoms. The van der Waals surface area contributed by atoms with Crippen molar-refractivity contribution in [1.82, 2.24) is 0 Å². The number of rotatable bonds is 5. The molecule has 1 radical (unpaired) electrons. The second-order valence-corrected chi connectivity index (χ2v) is 2.72. The molecule has 0 aliphatic rings. The third-order valence-corrected chi connectivity index (χ3v) is 1.44. The van der Waals surface area contributed by atoms with E-state index in [0.29, 0.717) is 0 Å². The van der Waals surface area contributed by atoms with Crippen LogP contribution in [0.2, 0.25) is 0 Å². The minimum Gasteiger partial charge on any atom is -0.0991 e. The minimum absolute atomic E-state index is 0. The quantitative estimate of drug-likeness (QED) is 0.615. The minimum atomic E-state index is 0. The summed E-state index contributed by atoms with van der Waals surface area (Å²) in [5.74, 6) is 0. The molecule has 0 fully saturated rings. The van der Waals surface area contributed by atoms with Gasteiger partial charge in [-0.1, -0.05) is 62.0 Å². The fourth-order valence-corrected chi connectivity index (χ4v) is 0.790. The third kappa shape index (κ3) is 11.5. The Labute approximate surface area is 92.3 Å². The van der Waals surface area contributed by atoms with Crippen molar-refractivity contribution in [3.05, 3.63) is 48.6 Å². The van der Waals surface area contributed by atoms with Crippen molar-refractivity contribution in [2.24, 2.45) is 0 Å². The van der Waals surface area contributed by atoms with Crippen molar-refractivity contribution in [3.63, 3.8) is 0 Å². The number of hydrogen-bond donors (Lipinski definition) is 0. The molecule has 0 unspecified atom stereocenters. The van der Waals surface area contributed by atoms with Gasteiger partial charge in [0.2, 0.25) is 0 Å². The second-order valence-electron chi connectivity index (χ2n) is 2.72. The maximum absolute atomic E-state index is 3.63. The molecule has 0 aliphatic carbocycles. The summed E-state index contributed by atoms with van der Waals surface area (Å²) in [7, 11) is 0. The Morgan fingerprint density at radius 3 is 2.54 bits per heavy atom. The van der Waals surface area contributed by atoms with E-state index in [-0.39, 0.29) is 16.8 Å². The summed E-state index contributed by atoms with van der Waals surface area (Å²) >= 11 is 0. The number of hydrogen-bond acceptors (Lipinski definition) is 0. The van der Waals surface area contributed by atoms with E-state index in [9.17, 15) is 0 Å². The summed E-state index contributed by atoms with van der Waals surface area (Å²) in [5.41, 5.74) is 1.23. The van der Waals surface area contributed by atoms with Crippen LogP contribution in [0.3, 0.4) is 0 Å². The van der Waals surface area contributed by atoms with Gasteiger partial charge in [0.25, 0.3) is 0 Å². The summed E-state index contributed by atoms with van der Waals surface area (Å²) in [6, 6.07) is 0. The zero-order valence-electron chi connectivity index (χ0n) is 8.42. The Hall–Kier alpha value is -0.534. The molecule has 0 heterocycles. The van der Waals surface area contributed by atoms with Gasteiger partial charge in [0, 0.05) is 16.8 Å². The zero-order chi connectivity index (χ0) is 9.23. The van der Waals surface area contributed by atoms with Crippen LogP contribution in [0, 0.1) is 0 Å². The molecule has 0 amide bonds. The Balaban J connectivity index is 0. The number of unbranched alkanes of at least 4 members (excludes halogenated alkanes) is 1. The molecular weight excluding hydrogens is 203 g/mol. The van der Waals surface area contributed by atoms with Crippen molar-refractivity contribution >= 4 is 0 Å². The average Bonchev–Trinajstić information content (AvgIpc) is 2.05. The van der Waals surface area contributed by atoms with E-state index in [0.717, 1.165) is 6.42 Å². The van der Waals surface area contributed by atoms with Gasteiger partial charge < -0.3 is 0 Å². The van der Waals surface area contributed by atoms with Gasteiger partial charge in [0.1, 0.15) is 0 Å². The van der Waals surface area contributed by atoms with E-state index < -0.39 is 0 Å². The van der Waals surface area contributed by atoms with Gasteiger partial charge >= 0.3 is 0 Å². The number of allylic oxidation sites excluding steroid dienone is 7. The van der Waals surface area contributed by atoms with E-state index in [4.69, 9.17) is 0 Å². The fraction of sp³-hybridized carbons (Fsp3) is 0.333. The van der Waals surface area contributed by atoms with Crippen LogP contribution in [-0.2, 0) is 16.8 Å². The van der Waals surface area contributed by atoms with Gasteiger partial charge in [-0.15, -0.1) is 0 Å². The molecule has 0 saturated carbocycles. The van der Waals surface area contributed by atoms with Crippen LogP contribution in [0.25, 0.3) is 0 Å². The first-order valence-electron chi connectivity index (χ1n) is 4.43. The Kier molecular flexibility index (Phi) is 13.2. The molecule has 0 spiro atoms. The van der Waals surface area contributed by atoms with E-state index in [1.165, 1.54) is 12.0 Å². The van der Waals surface area contributed by atoms with Crippen molar-refractivity contribution in [1.29, 1.82) is 0 Å². The largest absolute Gasteiger partial charge is 0.0991 e. The molecular formula is C12H18Co. The molecule has 0 nitrogen and oxygen atoms in total. The molecule has 1 heteroatoms. The first kappa shape index (κ1) is 15.0. The van der Waals surface area contributed by atoms with Crippen molar-refractivity contribution in [3.8, 4) is 0 Å². The van der Waals surface area contributed by atoms with E-state index in [1.54, 1.807) is 6.08 Å². The smallest absolute Gasteiger partial charge is 0 e. The monoisotopic (exact) mass is 221 g/mol. The van der Waals surface area contributed by atoms with Crippen LogP contribution in [0.15, 0.2) is 48.6 Å². The van der Waals surface area contributed by atoms with Crippen molar-refractivity contribution in [2.75, 3.05) is 0 Å². The maximum Gasteiger partial charge on any atom is 0 e. The van der Waals surface area contributed by atoms with Gasteiger partial charge in [-0.05, 0) is 13.3 Å². The molecule has 0 aromatic rings. The van der Waals surface area contributed by atoms with Crippen LogP contribution in [0.1, 0.15) is 26.7 Å². The standard InChI is InChI=1S/C12H18.Co/c1-4-6-7-8-9-11-12(3)10-5-2;/h5,7-11H,2,4,6H2,1,3H3;. The van der Waals surface area contributed by atoms with E-state index in [1.807, 2.05) is 6.08 Å². The molecule has 75 valence electrons. The summed E-state index contributed by atoms with van der Waals surface area (Å²) in [6.07, 6.45) is 14.6. The van der Waals surface area contributed by atoms with Crippen LogP contribution in [-0.4, -0.2) is 0 Å². The molecule has 0 aliphatic heterocycles. The molecule has 0 saturated heterocycles. The van der Waals surface area contributed by atoms with Crippen LogP contribution >= 0.6 is 0 Å². The summed E-state index contributed by atoms with van der Waals surface area (Å²) in [6.45, 7) is 7.87. The normalized spacial score (nSPS) is 12.0. The Bertz CT molecular complexity index is 197. The van der Waals surface area contributed by atoms with Crippen LogP contribution in [0.5, 0.6) is 0 Å². The zero-order valence-corrected chi connectivity index (χ0v) is 9.46. The predicted octanol–water partition coefficient (Wildman–Crippen LogP) is 4.03. The molecule has 0 rings (SSSR count). The summed E-state index contributed by atoms with van der Waals surface area (Å²) < 4.78 is 0. The summed E-state index contributed by atoms with van der Waals surface area (Å²) in [5, 5.41) is 0. The topological polar surface area (TPSA) is 0 Å². The first-order valence-corrected chi connectivity index (χ1v) is 4.43. The van der Waals surface area contributed by atoms with Gasteiger partial charge in [0.15, 0.2) is 0 Å². The van der Waals surface area contributed by atoms with Gasteiger partial charge in [-0.2, -0.15) is 0 Å². The van der Waals surface area contributed by atoms with Gasteiger partial charge in [0.05, 0.1) is 0 Å². The second kappa shape index (κ2) is 11.5. The maximum atomic E-state index is 3.63. The SMILES string of the molecule is C=CC=C(C)C=CC=CCCC.[Co]. The third-order valence-electron chi connectivity index (χ3n) is 1.44. The van der Waals surface area contributed by atoms with Gasteiger partial charge in [-0.25, -0.2) is 0 Å². The first-order chi connectivity index (χ1) is 5.81. The van der Waals surface area contributed by atoms with E-state index in [2.05, 4.69) is 44.7 Å². The van der Waals surface area contributed by atoms with Crippen molar-refractivity contribution in [2.45, 2.75) is 26.7 Å². The average molecular weight is 221 g/mol.